The fourth-order valence-electron chi connectivity index (χ4n) is 3.80. The number of carbonyl (C=O) groups excluding carboxylic acids is 1. The summed E-state index contributed by atoms with van der Waals surface area (Å²) in [6.07, 6.45) is 28.1. The highest BCUT2D eigenvalue weighted by atomic mass is 35.5. The Hall–Kier alpha value is -0.240. The Labute approximate surface area is 187 Å². The standard InChI is InChI=1S/C26H51ClO2/c1-2-3-4-5-6-7-8-9-10-11-12-13-14-15-16-17-20-23-26(28)29-25-22-19-18-21-24-27/h2-25H2,1H3. The van der Waals surface area contributed by atoms with Crippen LogP contribution in [0.2, 0.25) is 0 Å². The van der Waals surface area contributed by atoms with E-state index in [1.807, 2.05) is 0 Å². The Morgan fingerprint density at radius 2 is 0.931 bits per heavy atom. The van der Waals surface area contributed by atoms with Crippen LogP contribution in [-0.2, 0) is 9.53 Å². The Balaban J connectivity index is 3.10. The minimum absolute atomic E-state index is 0.0108. The van der Waals surface area contributed by atoms with Crippen molar-refractivity contribution in [1.82, 2.24) is 0 Å². The molecule has 0 aliphatic carbocycles. The number of hydrogen-bond acceptors (Lipinski definition) is 2. The SMILES string of the molecule is CCCCCCCCCCCCCCCCCCCC(=O)OCCCCCCCl. The minimum atomic E-state index is -0.0108. The number of unbranched alkanes of at least 4 members (excludes halogenated alkanes) is 19. The molecule has 0 aromatic heterocycles. The van der Waals surface area contributed by atoms with E-state index in [4.69, 9.17) is 16.3 Å². The van der Waals surface area contributed by atoms with E-state index >= 15 is 0 Å². The molecule has 0 N–H and O–H groups in total. The lowest BCUT2D eigenvalue weighted by Gasteiger charge is -2.05. The number of carbonyl (C=O) groups is 1. The zero-order valence-electron chi connectivity index (χ0n) is 19.7. The summed E-state index contributed by atoms with van der Waals surface area (Å²) in [4.78, 5) is 11.6. The van der Waals surface area contributed by atoms with Crippen molar-refractivity contribution in [2.24, 2.45) is 0 Å². The van der Waals surface area contributed by atoms with Gasteiger partial charge in [0.25, 0.3) is 0 Å². The molecule has 0 amide bonds. The van der Waals surface area contributed by atoms with E-state index in [2.05, 4.69) is 6.92 Å². The predicted molar refractivity (Wildman–Crippen MR) is 129 cm³/mol. The van der Waals surface area contributed by atoms with Gasteiger partial charge >= 0.3 is 5.97 Å². The first-order valence-electron chi connectivity index (χ1n) is 13.0. The number of ether oxygens (including phenoxy) is 1. The summed E-state index contributed by atoms with van der Waals surface area (Å²) in [5, 5.41) is 0. The van der Waals surface area contributed by atoms with Crippen molar-refractivity contribution in [1.29, 1.82) is 0 Å². The fourth-order valence-corrected chi connectivity index (χ4v) is 3.99. The molecule has 0 aromatic rings. The van der Waals surface area contributed by atoms with Crippen molar-refractivity contribution in [3.05, 3.63) is 0 Å². The largest absolute Gasteiger partial charge is 0.466 e. The van der Waals surface area contributed by atoms with Gasteiger partial charge in [0.15, 0.2) is 0 Å². The highest BCUT2D eigenvalue weighted by Gasteiger charge is 2.02. The molecule has 3 heteroatoms. The van der Waals surface area contributed by atoms with E-state index in [0.29, 0.717) is 13.0 Å². The Bertz CT molecular complexity index is 320. The average Bonchev–Trinajstić information content (AvgIpc) is 2.73. The lowest BCUT2D eigenvalue weighted by atomic mass is 10.0. The summed E-state index contributed by atoms with van der Waals surface area (Å²) in [5.74, 6) is 0.724. The number of hydrogen-bond donors (Lipinski definition) is 0. The van der Waals surface area contributed by atoms with E-state index in [1.54, 1.807) is 0 Å². The van der Waals surface area contributed by atoms with Crippen molar-refractivity contribution in [3.8, 4) is 0 Å². The van der Waals surface area contributed by atoms with Gasteiger partial charge in [-0.2, -0.15) is 0 Å². The first-order valence-corrected chi connectivity index (χ1v) is 13.6. The third-order valence-corrected chi connectivity index (χ3v) is 6.04. The van der Waals surface area contributed by atoms with Crippen LogP contribution in [-0.4, -0.2) is 18.5 Å². The summed E-state index contributed by atoms with van der Waals surface area (Å²) >= 11 is 5.64. The second-order valence-electron chi connectivity index (χ2n) is 8.73. The van der Waals surface area contributed by atoms with E-state index < -0.39 is 0 Å². The predicted octanol–water partition coefficient (Wildman–Crippen LogP) is 9.37. The van der Waals surface area contributed by atoms with Gasteiger partial charge in [-0.3, -0.25) is 4.79 Å². The normalized spacial score (nSPS) is 11.1. The summed E-state index contributed by atoms with van der Waals surface area (Å²) in [6.45, 7) is 2.87. The van der Waals surface area contributed by atoms with E-state index in [0.717, 1.165) is 38.0 Å². The molecule has 0 aliphatic rings. The van der Waals surface area contributed by atoms with Crippen LogP contribution in [0.3, 0.4) is 0 Å². The van der Waals surface area contributed by atoms with Gasteiger partial charge < -0.3 is 4.74 Å². The molecule has 0 radical (unpaired) electrons. The Morgan fingerprint density at radius 1 is 0.552 bits per heavy atom. The van der Waals surface area contributed by atoms with Gasteiger partial charge in [-0.05, 0) is 19.3 Å². The number of alkyl halides is 1. The lowest BCUT2D eigenvalue weighted by molar-refractivity contribution is -0.143. The maximum Gasteiger partial charge on any atom is 0.305 e. The second kappa shape index (κ2) is 25.8. The molecule has 0 aromatic carbocycles. The third kappa shape index (κ3) is 25.7. The molecule has 0 heterocycles. The quantitative estimate of drug-likeness (QED) is 0.0865. The van der Waals surface area contributed by atoms with Gasteiger partial charge in [0.2, 0.25) is 0 Å². The molecule has 0 rings (SSSR count). The molecule has 0 aliphatic heterocycles. The molecular weight excluding hydrogens is 380 g/mol. The van der Waals surface area contributed by atoms with Crippen LogP contribution in [0.1, 0.15) is 148 Å². The van der Waals surface area contributed by atoms with Crippen LogP contribution in [0, 0.1) is 0 Å². The van der Waals surface area contributed by atoms with Gasteiger partial charge in [-0.25, -0.2) is 0 Å². The van der Waals surface area contributed by atoms with Crippen molar-refractivity contribution in [2.45, 2.75) is 148 Å². The van der Waals surface area contributed by atoms with Crippen molar-refractivity contribution in [3.63, 3.8) is 0 Å². The molecule has 0 bridgehead atoms. The van der Waals surface area contributed by atoms with Crippen molar-refractivity contribution < 1.29 is 9.53 Å². The molecule has 0 saturated carbocycles. The van der Waals surface area contributed by atoms with Crippen LogP contribution in [0.15, 0.2) is 0 Å². The second-order valence-corrected chi connectivity index (χ2v) is 9.11. The average molecular weight is 431 g/mol. The molecule has 0 atom stereocenters. The van der Waals surface area contributed by atoms with Gasteiger partial charge in [0, 0.05) is 12.3 Å². The maximum absolute atomic E-state index is 11.6. The molecule has 0 saturated heterocycles. The maximum atomic E-state index is 11.6. The molecular formula is C26H51ClO2. The van der Waals surface area contributed by atoms with Crippen LogP contribution in [0.25, 0.3) is 0 Å². The van der Waals surface area contributed by atoms with Gasteiger partial charge in [0.1, 0.15) is 0 Å². The first-order chi connectivity index (χ1) is 14.3. The number of halogens is 1. The van der Waals surface area contributed by atoms with Crippen LogP contribution < -0.4 is 0 Å². The number of esters is 1. The van der Waals surface area contributed by atoms with Gasteiger partial charge in [-0.15, -0.1) is 11.6 Å². The van der Waals surface area contributed by atoms with Crippen LogP contribution in [0.5, 0.6) is 0 Å². The highest BCUT2D eigenvalue weighted by Crippen LogP contribution is 2.14. The highest BCUT2D eigenvalue weighted by molar-refractivity contribution is 6.17. The van der Waals surface area contributed by atoms with Gasteiger partial charge in [-0.1, -0.05) is 122 Å². The summed E-state index contributed by atoms with van der Waals surface area (Å²) in [5.41, 5.74) is 0. The fraction of sp³-hybridized carbons (Fsp3) is 0.962. The zero-order chi connectivity index (χ0) is 21.3. The van der Waals surface area contributed by atoms with Crippen molar-refractivity contribution in [2.75, 3.05) is 12.5 Å². The van der Waals surface area contributed by atoms with E-state index in [-0.39, 0.29) is 5.97 Å². The van der Waals surface area contributed by atoms with E-state index in [9.17, 15) is 4.79 Å². The third-order valence-electron chi connectivity index (χ3n) is 5.78. The van der Waals surface area contributed by atoms with Crippen LogP contribution >= 0.6 is 11.6 Å². The zero-order valence-corrected chi connectivity index (χ0v) is 20.4. The molecule has 29 heavy (non-hydrogen) atoms. The Kier molecular flexibility index (Phi) is 25.6. The molecule has 174 valence electrons. The molecule has 2 nitrogen and oxygen atoms in total. The Morgan fingerprint density at radius 3 is 1.38 bits per heavy atom. The number of rotatable bonds is 24. The molecule has 0 unspecified atom stereocenters. The minimum Gasteiger partial charge on any atom is -0.466 e. The topological polar surface area (TPSA) is 26.3 Å². The molecule has 0 fully saturated rings. The lowest BCUT2D eigenvalue weighted by Crippen LogP contribution is -2.05. The smallest absolute Gasteiger partial charge is 0.305 e. The first kappa shape index (κ1) is 28.8. The summed E-state index contributed by atoms with van der Waals surface area (Å²) in [6, 6.07) is 0. The van der Waals surface area contributed by atoms with Crippen molar-refractivity contribution >= 4 is 17.6 Å². The molecule has 0 spiro atoms. The van der Waals surface area contributed by atoms with E-state index in [1.165, 1.54) is 103 Å². The van der Waals surface area contributed by atoms with Crippen LogP contribution in [0.4, 0.5) is 0 Å². The summed E-state index contributed by atoms with van der Waals surface area (Å²) < 4.78 is 5.28. The van der Waals surface area contributed by atoms with Gasteiger partial charge in [0.05, 0.1) is 6.61 Å². The monoisotopic (exact) mass is 430 g/mol. The summed E-state index contributed by atoms with van der Waals surface area (Å²) in [7, 11) is 0.